The van der Waals surface area contributed by atoms with Gasteiger partial charge in [-0.1, -0.05) is 0 Å². The van der Waals surface area contributed by atoms with Gasteiger partial charge < -0.3 is 5.32 Å². The average Bonchev–Trinajstić information content (AvgIpc) is 2.27. The van der Waals surface area contributed by atoms with Gasteiger partial charge in [0, 0.05) is 23.6 Å². The number of halogens is 1. The number of benzene rings is 1. The number of carbonyl (C=O) groups is 1. The van der Waals surface area contributed by atoms with E-state index in [4.69, 9.17) is 0 Å². The van der Waals surface area contributed by atoms with Crippen LogP contribution in [0.3, 0.4) is 0 Å². The lowest BCUT2D eigenvalue weighted by atomic mass is 10.4. The highest BCUT2D eigenvalue weighted by molar-refractivity contribution is 7.85. The van der Waals surface area contributed by atoms with E-state index >= 15 is 0 Å². The molecule has 1 amide bonds. The van der Waals surface area contributed by atoms with Gasteiger partial charge in [-0.25, -0.2) is 4.39 Å². The van der Waals surface area contributed by atoms with Gasteiger partial charge in [-0.2, -0.15) is 0 Å². The molecule has 88 valence electrons. The molecule has 0 aliphatic heterocycles. The summed E-state index contributed by atoms with van der Waals surface area (Å²) in [6, 6.07) is 5.48. The molecule has 0 bridgehead atoms. The van der Waals surface area contributed by atoms with Crippen molar-refractivity contribution in [3.05, 3.63) is 30.1 Å². The molecule has 0 spiro atoms. The molecule has 1 N–H and O–H groups in total. The van der Waals surface area contributed by atoms with Gasteiger partial charge in [0.05, 0.1) is 10.8 Å². The smallest absolute Gasteiger partial charge is 0.220 e. The highest BCUT2D eigenvalue weighted by atomic mass is 32.2. The molecule has 1 atom stereocenters. The molecule has 0 saturated carbocycles. The van der Waals surface area contributed by atoms with Gasteiger partial charge in [-0.15, -0.1) is 0 Å². The molecule has 0 aliphatic rings. The van der Waals surface area contributed by atoms with Gasteiger partial charge in [0.1, 0.15) is 5.82 Å². The van der Waals surface area contributed by atoms with E-state index in [1.807, 2.05) is 6.92 Å². The van der Waals surface area contributed by atoms with Gasteiger partial charge >= 0.3 is 0 Å². The fraction of sp³-hybridized carbons (Fsp3) is 0.364. The Kier molecular flexibility index (Phi) is 5.11. The molecule has 0 heterocycles. The second-order valence-electron chi connectivity index (χ2n) is 3.21. The van der Waals surface area contributed by atoms with Crippen molar-refractivity contribution in [2.75, 3.05) is 12.3 Å². The normalized spacial score (nSPS) is 12.1. The summed E-state index contributed by atoms with van der Waals surface area (Å²) in [6.45, 7) is 2.40. The van der Waals surface area contributed by atoms with Gasteiger partial charge in [0.25, 0.3) is 0 Å². The van der Waals surface area contributed by atoms with Crippen LogP contribution in [0, 0.1) is 5.82 Å². The van der Waals surface area contributed by atoms with Crippen molar-refractivity contribution in [3.63, 3.8) is 0 Å². The van der Waals surface area contributed by atoms with Crippen LogP contribution in [0.4, 0.5) is 4.39 Å². The zero-order valence-electron chi connectivity index (χ0n) is 9.03. The first-order chi connectivity index (χ1) is 7.63. The zero-order chi connectivity index (χ0) is 12.0. The lowest BCUT2D eigenvalue weighted by molar-refractivity contribution is -0.120. The molecule has 1 rings (SSSR count). The Balaban J connectivity index is 2.47. The van der Waals surface area contributed by atoms with Crippen molar-refractivity contribution in [1.82, 2.24) is 5.32 Å². The SMILES string of the molecule is CCNC(=O)CCS(=O)c1ccc(F)cc1. The largest absolute Gasteiger partial charge is 0.356 e. The molecular weight excluding hydrogens is 229 g/mol. The van der Waals surface area contributed by atoms with Crippen LogP contribution >= 0.6 is 0 Å². The minimum absolute atomic E-state index is 0.113. The van der Waals surface area contributed by atoms with Crippen molar-refractivity contribution < 1.29 is 13.4 Å². The van der Waals surface area contributed by atoms with E-state index in [1.54, 1.807) is 0 Å². The van der Waals surface area contributed by atoms with E-state index < -0.39 is 10.8 Å². The van der Waals surface area contributed by atoms with Crippen LogP contribution in [-0.4, -0.2) is 22.4 Å². The Bertz CT molecular complexity index is 378. The van der Waals surface area contributed by atoms with Crippen LogP contribution in [0.5, 0.6) is 0 Å². The van der Waals surface area contributed by atoms with Gasteiger partial charge in [0.2, 0.25) is 5.91 Å². The summed E-state index contributed by atoms with van der Waals surface area (Å²) in [6.07, 6.45) is 0.220. The van der Waals surface area contributed by atoms with Gasteiger partial charge in [-0.05, 0) is 31.2 Å². The number of amides is 1. The van der Waals surface area contributed by atoms with Crippen LogP contribution < -0.4 is 5.32 Å². The second-order valence-corrected chi connectivity index (χ2v) is 4.78. The van der Waals surface area contributed by atoms with Crippen molar-refractivity contribution in [2.45, 2.75) is 18.2 Å². The highest BCUT2D eigenvalue weighted by Crippen LogP contribution is 2.08. The van der Waals surface area contributed by atoms with Crippen LogP contribution in [0.2, 0.25) is 0 Å². The molecule has 0 fully saturated rings. The minimum Gasteiger partial charge on any atom is -0.356 e. The predicted molar refractivity (Wildman–Crippen MR) is 61.0 cm³/mol. The first-order valence-electron chi connectivity index (χ1n) is 5.04. The van der Waals surface area contributed by atoms with Gasteiger partial charge in [0.15, 0.2) is 0 Å². The second kappa shape index (κ2) is 6.37. The maximum absolute atomic E-state index is 12.6. The summed E-state index contributed by atoms with van der Waals surface area (Å²) in [5, 5.41) is 2.63. The van der Waals surface area contributed by atoms with E-state index in [2.05, 4.69) is 5.32 Å². The maximum atomic E-state index is 12.6. The molecular formula is C11H14FNO2S. The van der Waals surface area contributed by atoms with E-state index in [0.29, 0.717) is 11.4 Å². The summed E-state index contributed by atoms with van der Waals surface area (Å²) in [7, 11) is -1.24. The fourth-order valence-corrected chi connectivity index (χ4v) is 2.22. The van der Waals surface area contributed by atoms with E-state index in [9.17, 15) is 13.4 Å². The quantitative estimate of drug-likeness (QED) is 0.851. The minimum atomic E-state index is -1.24. The summed E-state index contributed by atoms with van der Waals surface area (Å²) in [5.41, 5.74) is 0. The van der Waals surface area contributed by atoms with Crippen molar-refractivity contribution in [1.29, 1.82) is 0 Å². The molecule has 0 aromatic heterocycles. The Morgan fingerprint density at radius 3 is 2.56 bits per heavy atom. The van der Waals surface area contributed by atoms with Crippen molar-refractivity contribution >= 4 is 16.7 Å². The van der Waals surface area contributed by atoms with Crippen LogP contribution in [0.15, 0.2) is 29.2 Å². The van der Waals surface area contributed by atoms with E-state index in [0.717, 1.165) is 0 Å². The first kappa shape index (κ1) is 12.8. The molecule has 0 saturated heterocycles. The molecule has 1 aromatic carbocycles. The van der Waals surface area contributed by atoms with Crippen LogP contribution in [-0.2, 0) is 15.6 Å². The van der Waals surface area contributed by atoms with E-state index in [1.165, 1.54) is 24.3 Å². The number of carbonyl (C=O) groups excluding carboxylic acids is 1. The summed E-state index contributed by atoms with van der Waals surface area (Å²) >= 11 is 0. The molecule has 1 unspecified atom stereocenters. The summed E-state index contributed by atoms with van der Waals surface area (Å²) < 4.78 is 24.3. The third-order valence-electron chi connectivity index (χ3n) is 1.96. The number of hydrogen-bond acceptors (Lipinski definition) is 2. The lowest BCUT2D eigenvalue weighted by Gasteiger charge is -2.03. The molecule has 5 heteroatoms. The van der Waals surface area contributed by atoms with Crippen LogP contribution in [0.25, 0.3) is 0 Å². The third-order valence-corrected chi connectivity index (χ3v) is 3.34. The number of nitrogens with one attached hydrogen (secondary N) is 1. The van der Waals surface area contributed by atoms with Crippen LogP contribution in [0.1, 0.15) is 13.3 Å². The topological polar surface area (TPSA) is 46.2 Å². The number of rotatable bonds is 5. The van der Waals surface area contributed by atoms with E-state index in [-0.39, 0.29) is 23.9 Å². The predicted octanol–water partition coefficient (Wildman–Crippen LogP) is 1.46. The molecule has 1 aromatic rings. The monoisotopic (exact) mass is 243 g/mol. The Morgan fingerprint density at radius 1 is 1.38 bits per heavy atom. The summed E-state index contributed by atoms with van der Waals surface area (Å²) in [4.78, 5) is 11.7. The number of hydrogen-bond donors (Lipinski definition) is 1. The fourth-order valence-electron chi connectivity index (χ4n) is 1.18. The average molecular weight is 243 g/mol. The first-order valence-corrected chi connectivity index (χ1v) is 6.36. The maximum Gasteiger partial charge on any atom is 0.220 e. The molecule has 0 radical (unpaired) electrons. The Labute approximate surface area is 96.5 Å². The third kappa shape index (κ3) is 4.10. The van der Waals surface area contributed by atoms with Gasteiger partial charge in [-0.3, -0.25) is 9.00 Å². The molecule has 0 aliphatic carbocycles. The molecule has 16 heavy (non-hydrogen) atoms. The standard InChI is InChI=1S/C11H14FNO2S/c1-2-13-11(14)7-8-16(15)10-5-3-9(12)4-6-10/h3-6H,2,7-8H2,1H3,(H,13,14). The Hall–Kier alpha value is -1.23. The molecule has 3 nitrogen and oxygen atoms in total. The summed E-state index contributed by atoms with van der Waals surface area (Å²) in [5.74, 6) is -0.209. The Morgan fingerprint density at radius 2 is 2.00 bits per heavy atom. The zero-order valence-corrected chi connectivity index (χ0v) is 9.85. The lowest BCUT2D eigenvalue weighted by Crippen LogP contribution is -2.24. The van der Waals surface area contributed by atoms with Crippen molar-refractivity contribution in [2.24, 2.45) is 0 Å². The highest BCUT2D eigenvalue weighted by Gasteiger charge is 2.07. The van der Waals surface area contributed by atoms with Crippen molar-refractivity contribution in [3.8, 4) is 0 Å².